The number of rotatable bonds is 3. The second kappa shape index (κ2) is 5.70. The van der Waals surface area contributed by atoms with Crippen molar-refractivity contribution >= 4 is 23.2 Å². The van der Waals surface area contributed by atoms with E-state index in [9.17, 15) is 23.3 Å². The Kier molecular flexibility index (Phi) is 4.22. The van der Waals surface area contributed by atoms with Crippen molar-refractivity contribution in [2.75, 3.05) is 14.2 Å². The molecule has 0 saturated carbocycles. The number of methoxy groups -OCH3 is 1. The van der Waals surface area contributed by atoms with Gasteiger partial charge in [-0.2, -0.15) is 0 Å². The minimum Gasteiger partial charge on any atom is -0.490 e. The summed E-state index contributed by atoms with van der Waals surface area (Å²) in [5.41, 5.74) is -0.314. The van der Waals surface area contributed by atoms with Crippen LogP contribution in [0.1, 0.15) is 0 Å². The Morgan fingerprint density at radius 2 is 2.04 bits per heavy atom. The molecular weight excluding hydrogens is 343 g/mol. The third-order valence-corrected chi connectivity index (χ3v) is 3.20. The lowest BCUT2D eigenvalue weighted by Gasteiger charge is -2.21. The van der Waals surface area contributed by atoms with Gasteiger partial charge in [0, 0.05) is 12.1 Å². The van der Waals surface area contributed by atoms with E-state index in [4.69, 9.17) is 21.1 Å². The monoisotopic (exact) mass is 352 g/mol. The summed E-state index contributed by atoms with van der Waals surface area (Å²) in [5, 5.41) is 13.8. The molecule has 0 N–H and O–H groups in total. The van der Waals surface area contributed by atoms with E-state index in [1.165, 1.54) is 13.2 Å². The minimum atomic E-state index is -4.70. The van der Waals surface area contributed by atoms with E-state index in [0.29, 0.717) is 6.20 Å². The van der Waals surface area contributed by atoms with Crippen LogP contribution in [-0.4, -0.2) is 35.9 Å². The first-order valence-corrected chi connectivity index (χ1v) is 6.37. The van der Waals surface area contributed by atoms with Crippen LogP contribution in [0, 0.1) is 10.1 Å². The van der Waals surface area contributed by atoms with E-state index in [1.54, 1.807) is 0 Å². The molecule has 0 aromatic heterocycles. The average molecular weight is 353 g/mol. The van der Waals surface area contributed by atoms with Crippen molar-refractivity contribution in [2.24, 2.45) is 5.10 Å². The van der Waals surface area contributed by atoms with Crippen LogP contribution >= 0.6 is 11.6 Å². The maximum absolute atomic E-state index is 12.9. The van der Waals surface area contributed by atoms with Crippen molar-refractivity contribution in [3.63, 3.8) is 0 Å². The molecule has 11 heteroatoms. The summed E-state index contributed by atoms with van der Waals surface area (Å²) in [6.07, 6.45) is -4.03. The predicted molar refractivity (Wildman–Crippen MR) is 73.9 cm³/mol. The van der Waals surface area contributed by atoms with Crippen LogP contribution in [0.3, 0.4) is 0 Å². The molecule has 0 saturated heterocycles. The molecule has 0 bridgehead atoms. The topological polar surface area (TPSA) is 74.0 Å². The number of nitrogens with zero attached hydrogens (tertiary/aromatic N) is 3. The lowest BCUT2D eigenvalue weighted by atomic mass is 10.3. The summed E-state index contributed by atoms with van der Waals surface area (Å²) in [6, 6.07) is 3.45. The van der Waals surface area contributed by atoms with Gasteiger partial charge in [-0.15, -0.1) is 13.2 Å². The fourth-order valence-corrected chi connectivity index (χ4v) is 1.99. The summed E-state index contributed by atoms with van der Waals surface area (Å²) in [5.74, 6) is -0.574. The number of benzene rings is 1. The van der Waals surface area contributed by atoms with Crippen molar-refractivity contribution in [1.29, 1.82) is 0 Å². The van der Waals surface area contributed by atoms with Crippen LogP contribution in [0.5, 0.6) is 11.5 Å². The number of halogens is 4. The molecule has 0 radical (unpaired) electrons. The van der Waals surface area contributed by atoms with E-state index in [0.717, 1.165) is 19.2 Å². The standard InChI is InChI=1S/C12H10ClF3N3O4/c1-19(12(14,15)16)6-8(13)11(17-19)23-7-3-4-9(18(20)21)10(5-7)22-2/h3-6H,1-2H3/q+1. The molecule has 23 heavy (non-hydrogen) atoms. The largest absolute Gasteiger partial charge is 0.591 e. The molecule has 1 aliphatic heterocycles. The van der Waals surface area contributed by atoms with Crippen molar-refractivity contribution < 1.29 is 32.2 Å². The Morgan fingerprint density at radius 3 is 2.52 bits per heavy atom. The maximum Gasteiger partial charge on any atom is 0.591 e. The first-order chi connectivity index (χ1) is 10.6. The van der Waals surface area contributed by atoms with Crippen LogP contribution in [-0.2, 0) is 0 Å². The van der Waals surface area contributed by atoms with Crippen LogP contribution in [0.15, 0.2) is 34.5 Å². The van der Waals surface area contributed by atoms with E-state index in [-0.39, 0.29) is 22.2 Å². The summed E-state index contributed by atoms with van der Waals surface area (Å²) in [6.45, 7) is 0. The zero-order valence-corrected chi connectivity index (χ0v) is 12.6. The zero-order valence-electron chi connectivity index (χ0n) is 11.8. The first kappa shape index (κ1) is 17.0. The van der Waals surface area contributed by atoms with Gasteiger partial charge in [0.25, 0.3) is 5.90 Å². The Labute approximate surface area is 132 Å². The van der Waals surface area contributed by atoms with Gasteiger partial charge in [0.05, 0.1) is 12.0 Å². The Balaban J connectivity index is 2.32. The normalized spacial score (nSPS) is 20.8. The van der Waals surface area contributed by atoms with Crippen molar-refractivity contribution in [3.8, 4) is 11.5 Å². The quantitative estimate of drug-likeness (QED) is 0.362. The van der Waals surface area contributed by atoms with E-state index in [1.807, 2.05) is 0 Å². The average Bonchev–Trinajstić information content (AvgIpc) is 2.73. The molecule has 0 amide bonds. The number of hydrogen-bond acceptors (Lipinski definition) is 5. The zero-order chi connectivity index (χ0) is 17.4. The van der Waals surface area contributed by atoms with Crippen LogP contribution in [0.2, 0.25) is 0 Å². The summed E-state index contributed by atoms with van der Waals surface area (Å²) >= 11 is 5.72. The third-order valence-electron chi connectivity index (χ3n) is 2.94. The number of nitro groups is 1. The summed E-state index contributed by atoms with van der Waals surface area (Å²) in [4.78, 5) is 10.1. The van der Waals surface area contributed by atoms with Gasteiger partial charge in [0.15, 0.2) is 11.2 Å². The number of quaternary nitrogens is 1. The van der Waals surface area contributed by atoms with Gasteiger partial charge in [-0.05, 0) is 11.2 Å². The predicted octanol–water partition coefficient (Wildman–Crippen LogP) is 3.36. The van der Waals surface area contributed by atoms with Gasteiger partial charge in [-0.25, -0.2) is 0 Å². The van der Waals surface area contributed by atoms with E-state index >= 15 is 0 Å². The highest BCUT2D eigenvalue weighted by atomic mass is 35.5. The molecule has 1 unspecified atom stereocenters. The molecule has 0 spiro atoms. The second-order valence-electron chi connectivity index (χ2n) is 4.57. The molecule has 0 fully saturated rings. The SMILES string of the molecule is COc1cc(OC2=N[N+](C)(C(F)(F)F)C=C2Cl)ccc1[N+](=O)[O-]. The molecule has 1 heterocycles. The summed E-state index contributed by atoms with van der Waals surface area (Å²) < 4.78 is 47.0. The number of nitro benzene ring substituents is 1. The highest BCUT2D eigenvalue weighted by molar-refractivity contribution is 6.42. The molecule has 1 aromatic rings. The highest BCUT2D eigenvalue weighted by Crippen LogP contribution is 2.37. The number of alkyl halides is 3. The van der Waals surface area contributed by atoms with Crippen molar-refractivity contribution in [2.45, 2.75) is 6.30 Å². The summed E-state index contributed by atoms with van der Waals surface area (Å²) in [7, 11) is 2.00. The van der Waals surface area contributed by atoms with Gasteiger partial charge in [-0.3, -0.25) is 10.1 Å². The fourth-order valence-electron chi connectivity index (χ4n) is 1.72. The third kappa shape index (κ3) is 3.22. The van der Waals surface area contributed by atoms with Gasteiger partial charge in [-0.1, -0.05) is 16.2 Å². The molecule has 1 aliphatic rings. The Bertz CT molecular complexity index is 720. The molecule has 124 valence electrons. The Morgan fingerprint density at radius 1 is 1.39 bits per heavy atom. The molecule has 0 aliphatic carbocycles. The van der Waals surface area contributed by atoms with Crippen molar-refractivity contribution in [1.82, 2.24) is 0 Å². The van der Waals surface area contributed by atoms with Crippen molar-refractivity contribution in [3.05, 3.63) is 39.5 Å². The molecule has 1 atom stereocenters. The van der Waals surface area contributed by atoms with Gasteiger partial charge in [0.2, 0.25) is 5.75 Å². The van der Waals surface area contributed by atoms with Gasteiger partial charge >= 0.3 is 12.0 Å². The van der Waals surface area contributed by atoms with Crippen LogP contribution in [0.4, 0.5) is 18.9 Å². The molecule has 1 aromatic carbocycles. The van der Waals surface area contributed by atoms with E-state index in [2.05, 4.69) is 5.10 Å². The highest BCUT2D eigenvalue weighted by Gasteiger charge is 2.56. The Hall–Kier alpha value is -2.33. The maximum atomic E-state index is 12.9. The van der Waals surface area contributed by atoms with Crippen LogP contribution < -0.4 is 9.47 Å². The smallest absolute Gasteiger partial charge is 0.490 e. The van der Waals surface area contributed by atoms with Gasteiger partial charge in [0.1, 0.15) is 12.8 Å². The van der Waals surface area contributed by atoms with Gasteiger partial charge < -0.3 is 9.47 Å². The minimum absolute atomic E-state index is 0.00613. The fraction of sp³-hybridized carbons (Fsp3) is 0.250. The first-order valence-electron chi connectivity index (χ1n) is 5.99. The molecule has 7 nitrogen and oxygen atoms in total. The number of hydrogen-bond donors (Lipinski definition) is 0. The second-order valence-corrected chi connectivity index (χ2v) is 4.98. The molecule has 2 rings (SSSR count). The van der Waals surface area contributed by atoms with Crippen LogP contribution in [0.25, 0.3) is 0 Å². The molecular formula is C12H10ClF3N3O4+. The number of ether oxygens (including phenoxy) is 2. The lowest BCUT2D eigenvalue weighted by Crippen LogP contribution is -2.44. The van der Waals surface area contributed by atoms with E-state index < -0.39 is 21.7 Å². The lowest BCUT2D eigenvalue weighted by molar-refractivity contribution is -0.975.